The Balaban J connectivity index is 3.14. The summed E-state index contributed by atoms with van der Waals surface area (Å²) in [6, 6.07) is 3.49. The van der Waals surface area contributed by atoms with Gasteiger partial charge < -0.3 is 9.47 Å². The first kappa shape index (κ1) is 15.5. The Bertz CT molecular complexity index is 518. The summed E-state index contributed by atoms with van der Waals surface area (Å²) in [5.41, 5.74) is -0.302. The third-order valence-corrected chi connectivity index (χ3v) is 6.25. The number of carbonyl (C=O) groups is 2. The average molecular weight is 314 g/mol. The highest BCUT2D eigenvalue weighted by Gasteiger charge is 2.29. The maximum Gasteiger partial charge on any atom is 0.350 e. The fourth-order valence-corrected chi connectivity index (χ4v) is 5.25. The van der Waals surface area contributed by atoms with Gasteiger partial charge in [-0.05, 0) is 21.6 Å². The minimum atomic E-state index is -0.754. The molecule has 0 aromatic heterocycles. The van der Waals surface area contributed by atoms with E-state index < -0.39 is 11.9 Å². The van der Waals surface area contributed by atoms with Crippen molar-refractivity contribution in [3.05, 3.63) is 19.6 Å². The lowest BCUT2D eigenvalue weighted by Crippen LogP contribution is -2.04. The number of esters is 2. The van der Waals surface area contributed by atoms with E-state index in [0.717, 1.165) is 33.3 Å². The molecule has 0 N–H and O–H groups in total. The lowest BCUT2D eigenvalue weighted by Gasteiger charge is -1.99. The lowest BCUT2D eigenvalue weighted by atomic mass is 10.3. The largest absolute Gasteiger partial charge is 0.465 e. The maximum absolute atomic E-state index is 11.4. The summed E-state index contributed by atoms with van der Waals surface area (Å²) in [6.07, 6.45) is 0. The van der Waals surface area contributed by atoms with Gasteiger partial charge in [-0.25, -0.2) is 9.59 Å². The number of nitriles is 2. The smallest absolute Gasteiger partial charge is 0.350 e. The fourth-order valence-electron chi connectivity index (χ4n) is 0.933. The molecule has 0 aliphatic carbocycles. The molecule has 1 heterocycles. The summed E-state index contributed by atoms with van der Waals surface area (Å²) >= 11 is 1.00. The van der Waals surface area contributed by atoms with Crippen molar-refractivity contribution in [2.45, 2.75) is 0 Å². The second kappa shape index (κ2) is 7.14. The van der Waals surface area contributed by atoms with Crippen LogP contribution in [0.25, 0.3) is 0 Å². The Kier molecular flexibility index (Phi) is 5.83. The number of thioether (sulfide) groups is 1. The van der Waals surface area contributed by atoms with Crippen LogP contribution in [-0.4, -0.2) is 26.2 Å². The molecule has 0 bridgehead atoms. The van der Waals surface area contributed by atoms with Gasteiger partial charge in [-0.2, -0.15) is 10.5 Å². The predicted octanol–water partition coefficient (Wildman–Crippen LogP) is 1.93. The minimum absolute atomic E-state index is 0.151. The zero-order valence-electron chi connectivity index (χ0n) is 9.75. The highest BCUT2D eigenvalue weighted by atomic mass is 33.1. The molecule has 1 aliphatic heterocycles. The number of ether oxygens (including phenoxy) is 2. The molecule has 98 valence electrons. The first-order valence-electron chi connectivity index (χ1n) is 4.56. The zero-order valence-corrected chi connectivity index (χ0v) is 12.2. The van der Waals surface area contributed by atoms with Gasteiger partial charge in [0.2, 0.25) is 0 Å². The van der Waals surface area contributed by atoms with Crippen LogP contribution in [-0.2, 0) is 19.1 Å². The van der Waals surface area contributed by atoms with Crippen LogP contribution in [0.2, 0.25) is 0 Å². The third kappa shape index (κ3) is 3.47. The van der Waals surface area contributed by atoms with Crippen LogP contribution < -0.4 is 0 Å². The predicted molar refractivity (Wildman–Crippen MR) is 72.1 cm³/mol. The number of nitrogens with zero attached hydrogens (tertiary/aromatic N) is 2. The summed E-state index contributed by atoms with van der Waals surface area (Å²) < 4.78 is 9.72. The van der Waals surface area contributed by atoms with Crippen LogP contribution >= 0.6 is 33.3 Å². The molecule has 0 atom stereocenters. The second-order valence-electron chi connectivity index (χ2n) is 2.80. The zero-order chi connectivity index (χ0) is 14.4. The van der Waals surface area contributed by atoms with E-state index in [-0.39, 0.29) is 11.1 Å². The van der Waals surface area contributed by atoms with Crippen LogP contribution in [0.15, 0.2) is 19.6 Å². The summed E-state index contributed by atoms with van der Waals surface area (Å²) in [4.78, 5) is 22.7. The van der Waals surface area contributed by atoms with Crippen molar-refractivity contribution >= 4 is 45.3 Å². The molecular formula is C10H6N2O4S3. The Morgan fingerprint density at radius 2 is 1.32 bits per heavy atom. The molecule has 0 amide bonds. The quantitative estimate of drug-likeness (QED) is 0.327. The summed E-state index contributed by atoms with van der Waals surface area (Å²) in [7, 11) is 4.58. The normalized spacial score (nSPS) is 18.9. The highest BCUT2D eigenvalue weighted by Crippen LogP contribution is 2.59. The van der Waals surface area contributed by atoms with Gasteiger partial charge in [-0.3, -0.25) is 0 Å². The lowest BCUT2D eigenvalue weighted by molar-refractivity contribution is -0.136. The van der Waals surface area contributed by atoms with E-state index in [2.05, 4.69) is 9.47 Å². The number of hydrogen-bond donors (Lipinski definition) is 0. The van der Waals surface area contributed by atoms with Crippen LogP contribution in [0.1, 0.15) is 0 Å². The van der Waals surface area contributed by atoms with Gasteiger partial charge in [0.05, 0.1) is 22.7 Å². The number of methoxy groups -OCH3 is 2. The van der Waals surface area contributed by atoms with Gasteiger partial charge >= 0.3 is 11.9 Å². The molecule has 9 heteroatoms. The Hall–Kier alpha value is -1.55. The van der Waals surface area contributed by atoms with E-state index in [4.69, 9.17) is 10.5 Å². The number of hydrogen-bond acceptors (Lipinski definition) is 9. The molecule has 0 radical (unpaired) electrons. The summed E-state index contributed by atoms with van der Waals surface area (Å²) in [5, 5.41) is 17.8. The van der Waals surface area contributed by atoms with E-state index in [1.54, 1.807) is 12.1 Å². The molecule has 0 aromatic carbocycles. The van der Waals surface area contributed by atoms with Gasteiger partial charge in [-0.1, -0.05) is 11.8 Å². The Morgan fingerprint density at radius 1 is 0.947 bits per heavy atom. The molecule has 19 heavy (non-hydrogen) atoms. The molecule has 0 spiro atoms. The van der Waals surface area contributed by atoms with Crippen molar-refractivity contribution in [1.29, 1.82) is 10.5 Å². The topological polar surface area (TPSA) is 100 Å². The highest BCUT2D eigenvalue weighted by molar-refractivity contribution is 8.86. The molecule has 1 aliphatic rings. The van der Waals surface area contributed by atoms with Crippen molar-refractivity contribution in [3.63, 3.8) is 0 Å². The molecule has 0 aromatic rings. The van der Waals surface area contributed by atoms with Gasteiger partial charge in [-0.15, -0.1) is 0 Å². The molecule has 1 fully saturated rings. The van der Waals surface area contributed by atoms with Gasteiger partial charge in [0.15, 0.2) is 11.1 Å². The Morgan fingerprint density at radius 3 is 1.58 bits per heavy atom. The minimum Gasteiger partial charge on any atom is -0.465 e. The number of rotatable bonds is 2. The van der Waals surface area contributed by atoms with Crippen molar-refractivity contribution in [2.24, 2.45) is 0 Å². The average Bonchev–Trinajstić information content (AvgIpc) is 2.89. The van der Waals surface area contributed by atoms with E-state index in [9.17, 15) is 9.59 Å². The molecule has 1 saturated heterocycles. The number of carbonyl (C=O) groups excluding carboxylic acids is 2. The summed E-state index contributed by atoms with van der Waals surface area (Å²) in [6.45, 7) is 0. The SMILES string of the molecule is COC(=O)/C(C#N)=C1\SS/C(=C(\C#N)C(=O)OC)S1. The van der Waals surface area contributed by atoms with E-state index in [1.165, 1.54) is 14.2 Å². The van der Waals surface area contributed by atoms with E-state index in [0.29, 0.717) is 8.47 Å². The van der Waals surface area contributed by atoms with Crippen LogP contribution in [0.5, 0.6) is 0 Å². The van der Waals surface area contributed by atoms with Gasteiger partial charge in [0.25, 0.3) is 0 Å². The second-order valence-corrected chi connectivity index (χ2v) is 6.49. The van der Waals surface area contributed by atoms with Crippen molar-refractivity contribution in [1.82, 2.24) is 0 Å². The monoisotopic (exact) mass is 314 g/mol. The van der Waals surface area contributed by atoms with Crippen molar-refractivity contribution in [2.75, 3.05) is 14.2 Å². The molecule has 0 unspecified atom stereocenters. The first-order valence-corrected chi connectivity index (χ1v) is 7.53. The first-order chi connectivity index (χ1) is 9.08. The third-order valence-electron chi connectivity index (χ3n) is 1.79. The summed E-state index contributed by atoms with van der Waals surface area (Å²) in [5.74, 6) is -1.51. The molecular weight excluding hydrogens is 308 g/mol. The van der Waals surface area contributed by atoms with Crippen molar-refractivity contribution in [3.8, 4) is 12.1 Å². The van der Waals surface area contributed by atoms with E-state index >= 15 is 0 Å². The molecule has 0 saturated carbocycles. The van der Waals surface area contributed by atoms with Gasteiger partial charge in [0, 0.05) is 0 Å². The van der Waals surface area contributed by atoms with Crippen LogP contribution in [0, 0.1) is 22.7 Å². The molecule has 1 rings (SSSR count). The van der Waals surface area contributed by atoms with Crippen LogP contribution in [0.3, 0.4) is 0 Å². The molecule has 6 nitrogen and oxygen atoms in total. The van der Waals surface area contributed by atoms with Gasteiger partial charge in [0.1, 0.15) is 12.1 Å². The standard InChI is InChI=1S/C10H6N2O4S3/c1-15-7(13)5(3-11)9-17-10(19-18-9)6(4-12)8(14)16-2/h1-2H3/b9-5-,10-6+. The fraction of sp³-hybridized carbons (Fsp3) is 0.200. The van der Waals surface area contributed by atoms with Crippen LogP contribution in [0.4, 0.5) is 0 Å². The maximum atomic E-state index is 11.4. The van der Waals surface area contributed by atoms with Crippen molar-refractivity contribution < 1.29 is 19.1 Å². The Labute approximate surface area is 121 Å². The van der Waals surface area contributed by atoms with E-state index in [1.807, 2.05) is 0 Å².